The van der Waals surface area contributed by atoms with Crippen molar-refractivity contribution >= 4 is 21.9 Å². The lowest BCUT2D eigenvalue weighted by Gasteiger charge is -2.43. The van der Waals surface area contributed by atoms with E-state index in [1.807, 2.05) is 32.0 Å². The maximum absolute atomic E-state index is 13.7. The van der Waals surface area contributed by atoms with E-state index in [9.17, 15) is 13.2 Å². The molecule has 3 aromatic rings. The van der Waals surface area contributed by atoms with Crippen LogP contribution in [0.2, 0.25) is 0 Å². The van der Waals surface area contributed by atoms with Gasteiger partial charge in [-0.3, -0.25) is 4.79 Å². The van der Waals surface area contributed by atoms with Crippen LogP contribution in [0, 0.1) is 25.7 Å². The van der Waals surface area contributed by atoms with Crippen LogP contribution in [0.15, 0.2) is 53.4 Å². The average molecular weight is 533 g/mol. The zero-order chi connectivity index (χ0) is 26.5. The summed E-state index contributed by atoms with van der Waals surface area (Å²) in [6.45, 7) is 3.99. The molecule has 1 aromatic heterocycles. The lowest BCUT2D eigenvalue weighted by Crippen LogP contribution is -2.60. The molecule has 2 N–H and O–H groups in total. The fourth-order valence-corrected chi connectivity index (χ4v) is 7.04. The van der Waals surface area contributed by atoms with Crippen LogP contribution in [0.3, 0.4) is 0 Å². The van der Waals surface area contributed by atoms with E-state index in [-0.39, 0.29) is 40.0 Å². The van der Waals surface area contributed by atoms with E-state index in [0.29, 0.717) is 5.69 Å². The molecule has 0 saturated heterocycles. The molecule has 2 saturated carbocycles. The number of anilines is 1. The Morgan fingerprint density at radius 1 is 0.895 bits per heavy atom. The number of carbonyl (C=O) groups excluding carboxylic acids is 1. The number of carbonyl (C=O) groups is 1. The van der Waals surface area contributed by atoms with Crippen molar-refractivity contribution in [1.82, 2.24) is 15.3 Å². The lowest BCUT2D eigenvalue weighted by atomic mass is 9.78. The first-order chi connectivity index (χ1) is 18.2. The Balaban J connectivity index is 1.57. The first kappa shape index (κ1) is 24.9. The second-order valence-electron chi connectivity index (χ2n) is 10.8. The van der Waals surface area contributed by atoms with Gasteiger partial charge in [-0.15, -0.1) is 0 Å². The molecule has 1 atom stereocenters. The fraction of sp³-hybridized carbons (Fsp3) is 0.414. The van der Waals surface area contributed by atoms with Gasteiger partial charge in [-0.2, -0.15) is 4.98 Å². The first-order valence-electron chi connectivity index (χ1n) is 13.4. The third kappa shape index (κ3) is 4.53. The summed E-state index contributed by atoms with van der Waals surface area (Å²) in [6.07, 6.45) is 7.13. The van der Waals surface area contributed by atoms with Gasteiger partial charge in [0.05, 0.1) is 10.6 Å². The van der Waals surface area contributed by atoms with E-state index in [0.717, 1.165) is 55.2 Å². The van der Waals surface area contributed by atoms with Crippen molar-refractivity contribution in [3.63, 3.8) is 0 Å². The molecule has 6 rings (SSSR count). The van der Waals surface area contributed by atoms with Crippen LogP contribution in [0.25, 0.3) is 11.3 Å². The molecule has 8 nitrogen and oxygen atoms in total. The van der Waals surface area contributed by atoms with Crippen molar-refractivity contribution in [3.05, 3.63) is 65.2 Å². The number of nitrogens with zero attached hydrogens (tertiary/aromatic N) is 2. The van der Waals surface area contributed by atoms with Crippen LogP contribution in [0.4, 0.5) is 5.95 Å². The van der Waals surface area contributed by atoms with Crippen molar-refractivity contribution in [2.75, 3.05) is 4.72 Å². The molecule has 2 heterocycles. The monoisotopic (exact) mass is 532 g/mol. The van der Waals surface area contributed by atoms with Gasteiger partial charge in [0.2, 0.25) is 11.8 Å². The van der Waals surface area contributed by atoms with Gasteiger partial charge in [0.15, 0.2) is 5.72 Å². The predicted octanol–water partition coefficient (Wildman–Crippen LogP) is 5.37. The van der Waals surface area contributed by atoms with Crippen molar-refractivity contribution in [2.45, 2.75) is 69.4 Å². The van der Waals surface area contributed by atoms with Gasteiger partial charge in [-0.05, 0) is 68.9 Å². The van der Waals surface area contributed by atoms with Gasteiger partial charge in [-0.25, -0.2) is 18.1 Å². The smallest absolute Gasteiger partial charge is 0.264 e. The third-order valence-corrected chi connectivity index (χ3v) is 9.38. The zero-order valence-electron chi connectivity index (χ0n) is 21.7. The summed E-state index contributed by atoms with van der Waals surface area (Å²) in [7, 11) is -4.05. The minimum absolute atomic E-state index is 0.0241. The van der Waals surface area contributed by atoms with E-state index in [1.54, 1.807) is 18.2 Å². The molecular formula is C29H32N4O4S. The van der Waals surface area contributed by atoms with Crippen LogP contribution >= 0.6 is 0 Å². The average Bonchev–Trinajstić information content (AvgIpc) is 3.74. The predicted molar refractivity (Wildman–Crippen MR) is 144 cm³/mol. The summed E-state index contributed by atoms with van der Waals surface area (Å²) in [4.78, 5) is 22.8. The van der Waals surface area contributed by atoms with Gasteiger partial charge < -0.3 is 10.1 Å². The number of benzene rings is 2. The van der Waals surface area contributed by atoms with Crippen molar-refractivity contribution in [1.29, 1.82) is 0 Å². The van der Waals surface area contributed by atoms with Crippen LogP contribution in [0.1, 0.15) is 66.4 Å². The summed E-state index contributed by atoms with van der Waals surface area (Å²) in [5.41, 5.74) is 2.81. The number of rotatable bonds is 3. The molecule has 2 aliphatic carbocycles. The number of amides is 1. The van der Waals surface area contributed by atoms with Crippen LogP contribution in [0.5, 0.6) is 5.88 Å². The van der Waals surface area contributed by atoms with Crippen molar-refractivity contribution < 1.29 is 17.9 Å². The Hall–Kier alpha value is -3.46. The third-order valence-electron chi connectivity index (χ3n) is 8.05. The number of fused-ring (bicyclic) bond motifs is 4. The van der Waals surface area contributed by atoms with E-state index in [2.05, 4.69) is 20.0 Å². The Morgan fingerprint density at radius 3 is 2.29 bits per heavy atom. The SMILES string of the molecule is Cc1cccc(C)c1-c1cc2nc(n1)NS(=O)(=O)c1cccc(c1)C(=O)NC(C1CCCCC1)(C1CC1)O2. The summed E-state index contributed by atoms with van der Waals surface area (Å²) in [5.74, 6) is 0.115. The maximum atomic E-state index is 13.7. The molecule has 0 radical (unpaired) electrons. The molecule has 1 amide bonds. The standard InChI is InChI=1S/C29H32N4O4S/c1-18-8-6-9-19(2)26(18)24-17-25-31-28(30-24)33-38(35,36)23-13-7-10-20(16-23)27(34)32-29(37-25,22-14-15-22)21-11-4-3-5-12-21/h6-10,13,16-17,21-22H,3-5,11-12,14-15H2,1-2H3,(H,32,34)(H,30,31,33). The molecule has 2 aromatic carbocycles. The number of hydrogen-bond donors (Lipinski definition) is 2. The minimum atomic E-state index is -4.05. The Labute approximate surface area is 223 Å². The molecule has 0 spiro atoms. The summed E-state index contributed by atoms with van der Waals surface area (Å²) < 4.78 is 36.0. The topological polar surface area (TPSA) is 110 Å². The number of sulfonamides is 1. The summed E-state index contributed by atoms with van der Waals surface area (Å²) in [6, 6.07) is 13.8. The number of aromatic nitrogens is 2. The lowest BCUT2D eigenvalue weighted by molar-refractivity contribution is -0.0533. The highest BCUT2D eigenvalue weighted by atomic mass is 32.2. The largest absolute Gasteiger partial charge is 0.450 e. The van der Waals surface area contributed by atoms with Crippen LogP contribution in [-0.2, 0) is 10.0 Å². The number of hydrogen-bond acceptors (Lipinski definition) is 6. The molecule has 2 fully saturated rings. The molecule has 38 heavy (non-hydrogen) atoms. The van der Waals surface area contributed by atoms with E-state index < -0.39 is 15.7 Å². The molecule has 4 bridgehead atoms. The molecule has 9 heteroatoms. The quantitative estimate of drug-likeness (QED) is 0.469. The molecule has 1 unspecified atom stereocenters. The van der Waals surface area contributed by atoms with Crippen molar-refractivity contribution in [2.24, 2.45) is 11.8 Å². The van der Waals surface area contributed by atoms with Gasteiger partial charge in [0.1, 0.15) is 0 Å². The summed E-state index contributed by atoms with van der Waals surface area (Å²) >= 11 is 0. The fourth-order valence-electron chi connectivity index (χ4n) is 6.05. The second kappa shape index (κ2) is 9.38. The molecule has 1 aliphatic heterocycles. The Morgan fingerprint density at radius 2 is 1.58 bits per heavy atom. The van der Waals surface area contributed by atoms with Gasteiger partial charge in [0.25, 0.3) is 15.9 Å². The number of ether oxygens (including phenoxy) is 1. The minimum Gasteiger partial charge on any atom is -0.450 e. The zero-order valence-corrected chi connectivity index (χ0v) is 22.5. The van der Waals surface area contributed by atoms with E-state index >= 15 is 0 Å². The first-order valence-corrected chi connectivity index (χ1v) is 14.8. The highest BCUT2D eigenvalue weighted by Gasteiger charge is 2.54. The number of aryl methyl sites for hydroxylation is 2. The maximum Gasteiger partial charge on any atom is 0.264 e. The van der Waals surface area contributed by atoms with E-state index in [4.69, 9.17) is 4.74 Å². The molecule has 3 aliphatic rings. The highest BCUT2D eigenvalue weighted by molar-refractivity contribution is 7.92. The van der Waals surface area contributed by atoms with E-state index in [1.165, 1.54) is 18.6 Å². The summed E-state index contributed by atoms with van der Waals surface area (Å²) in [5, 5.41) is 3.27. The number of nitrogens with one attached hydrogen (secondary N) is 2. The van der Waals surface area contributed by atoms with Crippen LogP contribution < -0.4 is 14.8 Å². The van der Waals surface area contributed by atoms with Gasteiger partial charge >= 0.3 is 0 Å². The molecular weight excluding hydrogens is 500 g/mol. The molecule has 198 valence electrons. The highest BCUT2D eigenvalue weighted by Crippen LogP contribution is 2.49. The Bertz CT molecular complexity index is 1490. The second-order valence-corrected chi connectivity index (χ2v) is 12.5. The van der Waals surface area contributed by atoms with Crippen molar-refractivity contribution in [3.8, 4) is 17.1 Å². The van der Waals surface area contributed by atoms with Crippen LogP contribution in [-0.4, -0.2) is 30.0 Å². The van der Waals surface area contributed by atoms with Gasteiger partial charge in [-0.1, -0.05) is 43.5 Å². The van der Waals surface area contributed by atoms with Gasteiger partial charge in [0, 0.05) is 29.0 Å². The normalized spacial score (nSPS) is 23.3. The Kier molecular flexibility index (Phi) is 6.13.